The number of aromatic nitrogens is 2. The van der Waals surface area contributed by atoms with Crippen LogP contribution in [0.1, 0.15) is 32.3 Å². The molecule has 1 aromatic carbocycles. The van der Waals surface area contributed by atoms with Crippen molar-refractivity contribution >= 4 is 17.5 Å². The molecule has 0 radical (unpaired) electrons. The summed E-state index contributed by atoms with van der Waals surface area (Å²) in [7, 11) is 0. The van der Waals surface area contributed by atoms with Gasteiger partial charge in [0.2, 0.25) is 5.95 Å². The number of anilines is 3. The van der Waals surface area contributed by atoms with Crippen molar-refractivity contribution in [3.8, 4) is 0 Å². The van der Waals surface area contributed by atoms with Crippen LogP contribution in [0.4, 0.5) is 17.5 Å². The Morgan fingerprint density at radius 3 is 2.55 bits per heavy atom. The topological polar surface area (TPSA) is 49.8 Å². The van der Waals surface area contributed by atoms with Crippen LogP contribution in [0.25, 0.3) is 0 Å². The third-order valence-corrected chi connectivity index (χ3v) is 3.11. The Kier molecular flexibility index (Phi) is 5.35. The maximum atomic E-state index is 4.45. The summed E-state index contributed by atoms with van der Waals surface area (Å²) in [6.45, 7) is 5.27. The number of rotatable bonds is 7. The molecule has 0 saturated carbocycles. The average Bonchev–Trinajstić information content (AvgIpc) is 2.49. The number of nitrogens with zero attached hydrogens (tertiary/aromatic N) is 2. The molecule has 2 rings (SSSR count). The standard InChI is InChI=1S/C16H22N4/c1-3-5-11-17-15-10-12-18-16(20-15)19-14-8-6-13(4-2)7-9-14/h6-10,12H,3-5,11H2,1-2H3,(H2,17,18,19,20). The first-order chi connectivity index (χ1) is 9.81. The highest BCUT2D eigenvalue weighted by Gasteiger charge is 2.00. The van der Waals surface area contributed by atoms with Crippen LogP contribution in [0.2, 0.25) is 0 Å². The molecule has 4 heteroatoms. The van der Waals surface area contributed by atoms with Crippen molar-refractivity contribution in [1.82, 2.24) is 9.97 Å². The Hall–Kier alpha value is -2.10. The van der Waals surface area contributed by atoms with Crippen LogP contribution in [-0.4, -0.2) is 16.5 Å². The van der Waals surface area contributed by atoms with E-state index >= 15 is 0 Å². The number of hydrogen-bond acceptors (Lipinski definition) is 4. The minimum Gasteiger partial charge on any atom is -0.370 e. The van der Waals surface area contributed by atoms with Gasteiger partial charge in [0.1, 0.15) is 5.82 Å². The van der Waals surface area contributed by atoms with Crippen molar-refractivity contribution in [3.63, 3.8) is 0 Å². The van der Waals surface area contributed by atoms with Gasteiger partial charge in [-0.15, -0.1) is 0 Å². The summed E-state index contributed by atoms with van der Waals surface area (Å²) in [6, 6.07) is 10.2. The van der Waals surface area contributed by atoms with E-state index in [1.54, 1.807) is 6.20 Å². The van der Waals surface area contributed by atoms with Crippen molar-refractivity contribution in [2.24, 2.45) is 0 Å². The Labute approximate surface area is 120 Å². The summed E-state index contributed by atoms with van der Waals surface area (Å²) in [6.07, 6.45) is 5.13. The molecule has 0 saturated heterocycles. The highest BCUT2D eigenvalue weighted by molar-refractivity contribution is 5.55. The molecule has 0 aliphatic rings. The van der Waals surface area contributed by atoms with E-state index in [1.807, 2.05) is 6.07 Å². The third-order valence-electron chi connectivity index (χ3n) is 3.11. The van der Waals surface area contributed by atoms with Crippen molar-refractivity contribution in [2.75, 3.05) is 17.2 Å². The summed E-state index contributed by atoms with van der Waals surface area (Å²) in [5.74, 6) is 1.48. The average molecular weight is 270 g/mol. The molecule has 20 heavy (non-hydrogen) atoms. The second-order valence-corrected chi connectivity index (χ2v) is 4.72. The van der Waals surface area contributed by atoms with Gasteiger partial charge in [0.15, 0.2) is 0 Å². The predicted octanol–water partition coefficient (Wildman–Crippen LogP) is 3.99. The maximum Gasteiger partial charge on any atom is 0.229 e. The quantitative estimate of drug-likeness (QED) is 0.747. The van der Waals surface area contributed by atoms with Gasteiger partial charge in [-0.05, 0) is 36.6 Å². The van der Waals surface area contributed by atoms with E-state index in [4.69, 9.17) is 0 Å². The molecule has 1 heterocycles. The van der Waals surface area contributed by atoms with Gasteiger partial charge >= 0.3 is 0 Å². The first-order valence-electron chi connectivity index (χ1n) is 7.24. The Balaban J connectivity index is 1.99. The molecule has 0 aliphatic carbocycles. The summed E-state index contributed by atoms with van der Waals surface area (Å²) in [4.78, 5) is 8.69. The monoisotopic (exact) mass is 270 g/mol. The van der Waals surface area contributed by atoms with Gasteiger partial charge in [-0.1, -0.05) is 32.4 Å². The van der Waals surface area contributed by atoms with Crippen LogP contribution in [0.3, 0.4) is 0 Å². The number of unbranched alkanes of at least 4 members (excludes halogenated alkanes) is 1. The number of nitrogens with one attached hydrogen (secondary N) is 2. The molecule has 0 bridgehead atoms. The van der Waals surface area contributed by atoms with Gasteiger partial charge in [-0.25, -0.2) is 4.98 Å². The van der Waals surface area contributed by atoms with E-state index in [-0.39, 0.29) is 0 Å². The summed E-state index contributed by atoms with van der Waals surface area (Å²) in [5, 5.41) is 6.52. The first-order valence-corrected chi connectivity index (χ1v) is 7.24. The first kappa shape index (κ1) is 14.3. The second kappa shape index (κ2) is 7.48. The molecule has 2 N–H and O–H groups in total. The molecule has 0 aliphatic heterocycles. The van der Waals surface area contributed by atoms with E-state index in [0.717, 1.165) is 30.9 Å². The number of benzene rings is 1. The molecule has 0 spiro atoms. The molecule has 0 unspecified atom stereocenters. The van der Waals surface area contributed by atoms with Crippen molar-refractivity contribution in [3.05, 3.63) is 42.1 Å². The smallest absolute Gasteiger partial charge is 0.229 e. The Bertz CT molecular complexity index is 522. The fourth-order valence-corrected chi connectivity index (χ4v) is 1.86. The number of hydrogen-bond donors (Lipinski definition) is 2. The van der Waals surface area contributed by atoms with Crippen molar-refractivity contribution in [1.29, 1.82) is 0 Å². The van der Waals surface area contributed by atoms with Crippen LogP contribution in [0.15, 0.2) is 36.5 Å². The van der Waals surface area contributed by atoms with E-state index < -0.39 is 0 Å². The Morgan fingerprint density at radius 1 is 1.05 bits per heavy atom. The zero-order chi connectivity index (χ0) is 14.2. The fourth-order valence-electron chi connectivity index (χ4n) is 1.86. The Morgan fingerprint density at radius 2 is 1.85 bits per heavy atom. The summed E-state index contributed by atoms with van der Waals surface area (Å²) >= 11 is 0. The molecule has 4 nitrogen and oxygen atoms in total. The van der Waals surface area contributed by atoms with Gasteiger partial charge in [0.05, 0.1) is 0 Å². The molecule has 0 amide bonds. The highest BCUT2D eigenvalue weighted by atomic mass is 15.1. The van der Waals surface area contributed by atoms with Gasteiger partial charge in [-0.2, -0.15) is 4.98 Å². The zero-order valence-electron chi connectivity index (χ0n) is 12.2. The largest absolute Gasteiger partial charge is 0.370 e. The van der Waals surface area contributed by atoms with E-state index in [0.29, 0.717) is 5.95 Å². The van der Waals surface area contributed by atoms with Crippen LogP contribution in [-0.2, 0) is 6.42 Å². The molecule has 106 valence electrons. The number of aryl methyl sites for hydroxylation is 1. The SMILES string of the molecule is CCCCNc1ccnc(Nc2ccc(CC)cc2)n1. The predicted molar refractivity (Wildman–Crippen MR) is 84.5 cm³/mol. The van der Waals surface area contributed by atoms with E-state index in [1.165, 1.54) is 12.0 Å². The molecule has 0 fully saturated rings. The van der Waals surface area contributed by atoms with Gasteiger partial charge in [0, 0.05) is 18.4 Å². The van der Waals surface area contributed by atoms with Gasteiger partial charge in [-0.3, -0.25) is 0 Å². The van der Waals surface area contributed by atoms with Crippen molar-refractivity contribution < 1.29 is 0 Å². The zero-order valence-corrected chi connectivity index (χ0v) is 12.2. The molecule has 0 atom stereocenters. The normalized spacial score (nSPS) is 10.3. The van der Waals surface area contributed by atoms with Gasteiger partial charge in [0.25, 0.3) is 0 Å². The van der Waals surface area contributed by atoms with Crippen LogP contribution < -0.4 is 10.6 Å². The minimum atomic E-state index is 0.621. The highest BCUT2D eigenvalue weighted by Crippen LogP contribution is 2.15. The second-order valence-electron chi connectivity index (χ2n) is 4.72. The lowest BCUT2D eigenvalue weighted by molar-refractivity contribution is 0.830. The molecule has 1 aromatic heterocycles. The molecule has 2 aromatic rings. The van der Waals surface area contributed by atoms with Crippen molar-refractivity contribution in [2.45, 2.75) is 33.1 Å². The van der Waals surface area contributed by atoms with E-state index in [2.05, 4.69) is 58.7 Å². The van der Waals surface area contributed by atoms with Crippen LogP contribution >= 0.6 is 0 Å². The fraction of sp³-hybridized carbons (Fsp3) is 0.375. The lowest BCUT2D eigenvalue weighted by atomic mass is 10.1. The maximum absolute atomic E-state index is 4.45. The summed E-state index contributed by atoms with van der Waals surface area (Å²) < 4.78 is 0. The van der Waals surface area contributed by atoms with Gasteiger partial charge < -0.3 is 10.6 Å². The van der Waals surface area contributed by atoms with Crippen LogP contribution in [0, 0.1) is 0 Å². The lowest BCUT2D eigenvalue weighted by Gasteiger charge is -2.08. The summed E-state index contributed by atoms with van der Waals surface area (Å²) in [5.41, 5.74) is 2.33. The molecular formula is C16H22N4. The molecular weight excluding hydrogens is 248 g/mol. The third kappa shape index (κ3) is 4.23. The van der Waals surface area contributed by atoms with E-state index in [9.17, 15) is 0 Å². The lowest BCUT2D eigenvalue weighted by Crippen LogP contribution is -2.05. The minimum absolute atomic E-state index is 0.621. The van der Waals surface area contributed by atoms with Crippen LogP contribution in [0.5, 0.6) is 0 Å².